The van der Waals surface area contributed by atoms with Gasteiger partial charge in [-0.15, -0.1) is 0 Å². The lowest BCUT2D eigenvalue weighted by atomic mass is 10.1. The lowest BCUT2D eigenvalue weighted by Gasteiger charge is -1.96. The summed E-state index contributed by atoms with van der Waals surface area (Å²) in [5.41, 5.74) is 1.72. The summed E-state index contributed by atoms with van der Waals surface area (Å²) in [6.45, 7) is 4.46. The Morgan fingerprint density at radius 1 is 1.38 bits per heavy atom. The molecular weight excluding hydrogens is 156 g/mol. The molecule has 74 valence electrons. The molecule has 0 aromatic heterocycles. The van der Waals surface area contributed by atoms with E-state index in [4.69, 9.17) is 0 Å². The van der Waals surface area contributed by atoms with E-state index in [9.17, 15) is 0 Å². The van der Waals surface area contributed by atoms with Crippen molar-refractivity contribution in [3.05, 3.63) is 23.8 Å². The predicted molar refractivity (Wildman–Crippen MR) is 59.8 cm³/mol. The summed E-state index contributed by atoms with van der Waals surface area (Å²) in [6, 6.07) is 0. The molecule has 13 heavy (non-hydrogen) atoms. The molecule has 0 heterocycles. The topological polar surface area (TPSA) is 0 Å². The molecule has 0 bridgehead atoms. The minimum absolute atomic E-state index is 0.946. The Hall–Kier alpha value is -0.520. The molecule has 1 fully saturated rings. The van der Waals surface area contributed by atoms with Crippen LogP contribution in [0.2, 0.25) is 0 Å². The van der Waals surface area contributed by atoms with Crippen molar-refractivity contribution in [3.8, 4) is 0 Å². The van der Waals surface area contributed by atoms with Gasteiger partial charge in [0.25, 0.3) is 0 Å². The number of hydrogen-bond acceptors (Lipinski definition) is 0. The van der Waals surface area contributed by atoms with E-state index in [-0.39, 0.29) is 0 Å². The van der Waals surface area contributed by atoms with Crippen molar-refractivity contribution in [2.24, 2.45) is 5.92 Å². The standard InChI is InChI=1S/C13H22/c1-3-4-5-6-7-8-13-10-9-12(2)11-13/h3-4,8,12H,5-7,9-11H2,1-2H3. The lowest BCUT2D eigenvalue weighted by Crippen LogP contribution is -1.81. The molecule has 0 N–H and O–H groups in total. The molecule has 0 amide bonds. The van der Waals surface area contributed by atoms with E-state index < -0.39 is 0 Å². The van der Waals surface area contributed by atoms with Gasteiger partial charge in [0, 0.05) is 0 Å². The molecule has 1 aliphatic rings. The first kappa shape index (κ1) is 10.6. The third-order valence-electron chi connectivity index (χ3n) is 2.81. The van der Waals surface area contributed by atoms with Crippen LogP contribution in [0.25, 0.3) is 0 Å². The van der Waals surface area contributed by atoms with Crippen LogP contribution in [0.5, 0.6) is 0 Å². The molecule has 0 saturated heterocycles. The molecule has 1 unspecified atom stereocenters. The largest absolute Gasteiger partial charge is 0.0917 e. The minimum Gasteiger partial charge on any atom is -0.0917 e. The summed E-state index contributed by atoms with van der Waals surface area (Å²) < 4.78 is 0. The van der Waals surface area contributed by atoms with Gasteiger partial charge in [-0.3, -0.25) is 0 Å². The Bertz CT molecular complexity index is 186. The van der Waals surface area contributed by atoms with E-state index >= 15 is 0 Å². The molecule has 0 nitrogen and oxygen atoms in total. The van der Waals surface area contributed by atoms with Crippen LogP contribution in [0.4, 0.5) is 0 Å². The second kappa shape index (κ2) is 6.01. The highest BCUT2D eigenvalue weighted by molar-refractivity contribution is 5.07. The molecule has 1 saturated carbocycles. The quantitative estimate of drug-likeness (QED) is 0.440. The summed E-state index contributed by atoms with van der Waals surface area (Å²) in [5.74, 6) is 0.946. The average Bonchev–Trinajstić information content (AvgIpc) is 2.51. The highest BCUT2D eigenvalue weighted by Gasteiger charge is 2.13. The van der Waals surface area contributed by atoms with Crippen molar-refractivity contribution in [2.75, 3.05) is 0 Å². The number of hydrogen-bond donors (Lipinski definition) is 0. The van der Waals surface area contributed by atoms with Gasteiger partial charge < -0.3 is 0 Å². The molecule has 1 rings (SSSR count). The summed E-state index contributed by atoms with van der Waals surface area (Å²) in [7, 11) is 0. The van der Waals surface area contributed by atoms with Crippen LogP contribution >= 0.6 is 0 Å². The van der Waals surface area contributed by atoms with Gasteiger partial charge in [-0.05, 0) is 51.4 Å². The summed E-state index contributed by atoms with van der Waals surface area (Å²) in [5, 5.41) is 0. The first-order valence-corrected chi connectivity index (χ1v) is 5.62. The fourth-order valence-corrected chi connectivity index (χ4v) is 1.98. The van der Waals surface area contributed by atoms with Crippen LogP contribution in [0.3, 0.4) is 0 Å². The normalized spacial score (nSPS) is 26.3. The minimum atomic E-state index is 0.946. The molecular formula is C13H22. The fourth-order valence-electron chi connectivity index (χ4n) is 1.98. The Kier molecular flexibility index (Phi) is 4.88. The van der Waals surface area contributed by atoms with Crippen molar-refractivity contribution in [1.82, 2.24) is 0 Å². The Labute approximate surface area is 82.7 Å². The second-order valence-corrected chi connectivity index (χ2v) is 4.21. The van der Waals surface area contributed by atoms with Crippen LogP contribution in [-0.2, 0) is 0 Å². The number of rotatable bonds is 4. The zero-order valence-electron chi connectivity index (χ0n) is 9.05. The van der Waals surface area contributed by atoms with Gasteiger partial charge in [-0.25, -0.2) is 0 Å². The molecule has 0 aromatic carbocycles. The van der Waals surface area contributed by atoms with Crippen LogP contribution < -0.4 is 0 Å². The summed E-state index contributed by atoms with van der Waals surface area (Å²) >= 11 is 0. The highest BCUT2D eigenvalue weighted by atomic mass is 14.2. The zero-order valence-corrected chi connectivity index (χ0v) is 9.05. The first-order chi connectivity index (χ1) is 6.33. The van der Waals surface area contributed by atoms with Crippen LogP contribution in [0, 0.1) is 5.92 Å². The SMILES string of the molecule is CC=CCCCC=C1CCC(C)C1. The van der Waals surface area contributed by atoms with E-state index in [0.717, 1.165) is 5.92 Å². The van der Waals surface area contributed by atoms with Crippen molar-refractivity contribution in [2.45, 2.75) is 52.4 Å². The van der Waals surface area contributed by atoms with Crippen molar-refractivity contribution < 1.29 is 0 Å². The van der Waals surface area contributed by atoms with Gasteiger partial charge in [0.2, 0.25) is 0 Å². The third kappa shape index (κ3) is 4.31. The first-order valence-electron chi connectivity index (χ1n) is 5.62. The lowest BCUT2D eigenvalue weighted by molar-refractivity contribution is 0.620. The van der Waals surface area contributed by atoms with E-state index in [1.807, 2.05) is 0 Å². The monoisotopic (exact) mass is 178 g/mol. The summed E-state index contributed by atoms with van der Waals surface area (Å²) in [4.78, 5) is 0. The van der Waals surface area contributed by atoms with Crippen molar-refractivity contribution in [1.29, 1.82) is 0 Å². The van der Waals surface area contributed by atoms with Gasteiger partial charge in [0.05, 0.1) is 0 Å². The fraction of sp³-hybridized carbons (Fsp3) is 0.692. The highest BCUT2D eigenvalue weighted by Crippen LogP contribution is 2.29. The van der Waals surface area contributed by atoms with E-state index in [1.165, 1.54) is 38.5 Å². The Morgan fingerprint density at radius 2 is 2.23 bits per heavy atom. The number of unbranched alkanes of at least 4 members (excludes halogenated alkanes) is 2. The number of allylic oxidation sites excluding steroid dienone is 4. The maximum Gasteiger partial charge on any atom is -0.0294 e. The zero-order chi connectivity index (χ0) is 9.52. The summed E-state index contributed by atoms with van der Waals surface area (Å²) in [6.07, 6.45) is 14.9. The van der Waals surface area contributed by atoms with Crippen LogP contribution in [0.1, 0.15) is 52.4 Å². The van der Waals surface area contributed by atoms with Gasteiger partial charge in [-0.2, -0.15) is 0 Å². The maximum absolute atomic E-state index is 2.48. The molecule has 1 atom stereocenters. The molecule has 1 aliphatic carbocycles. The smallest absolute Gasteiger partial charge is 0.0294 e. The second-order valence-electron chi connectivity index (χ2n) is 4.21. The molecule has 0 aromatic rings. The molecule has 0 radical (unpaired) electrons. The molecule has 0 aliphatic heterocycles. The van der Waals surface area contributed by atoms with Gasteiger partial charge in [0.1, 0.15) is 0 Å². The third-order valence-corrected chi connectivity index (χ3v) is 2.81. The average molecular weight is 178 g/mol. The maximum atomic E-state index is 2.48. The van der Waals surface area contributed by atoms with Gasteiger partial charge in [-0.1, -0.05) is 30.7 Å². The predicted octanol–water partition coefficient (Wildman–Crippen LogP) is 4.48. The van der Waals surface area contributed by atoms with E-state index in [0.29, 0.717) is 0 Å². The van der Waals surface area contributed by atoms with Crippen LogP contribution in [0.15, 0.2) is 23.8 Å². The van der Waals surface area contributed by atoms with E-state index in [1.54, 1.807) is 5.57 Å². The van der Waals surface area contributed by atoms with Crippen molar-refractivity contribution in [3.63, 3.8) is 0 Å². The van der Waals surface area contributed by atoms with E-state index in [2.05, 4.69) is 32.1 Å². The van der Waals surface area contributed by atoms with Gasteiger partial charge >= 0.3 is 0 Å². The van der Waals surface area contributed by atoms with Crippen LogP contribution in [-0.4, -0.2) is 0 Å². The molecule has 0 heteroatoms. The van der Waals surface area contributed by atoms with Crippen molar-refractivity contribution >= 4 is 0 Å². The Morgan fingerprint density at radius 3 is 2.85 bits per heavy atom. The molecule has 0 spiro atoms. The van der Waals surface area contributed by atoms with Gasteiger partial charge in [0.15, 0.2) is 0 Å². The Balaban J connectivity index is 2.10.